The second-order valence-electron chi connectivity index (χ2n) is 4.81. The number of aliphatic hydroxyl groups excluding tert-OH is 1. The van der Waals surface area contributed by atoms with Gasteiger partial charge in [0, 0.05) is 18.4 Å². The van der Waals surface area contributed by atoms with Gasteiger partial charge >= 0.3 is 0 Å². The predicted molar refractivity (Wildman–Crippen MR) is 65.4 cm³/mol. The highest BCUT2D eigenvalue weighted by Gasteiger charge is 2.21. The first kappa shape index (κ1) is 9.91. The molecule has 1 heterocycles. The van der Waals surface area contributed by atoms with Crippen molar-refractivity contribution in [2.45, 2.75) is 37.8 Å². The van der Waals surface area contributed by atoms with Crippen LogP contribution in [0.3, 0.4) is 0 Å². The van der Waals surface area contributed by atoms with E-state index in [1.165, 1.54) is 17.2 Å². The molecule has 1 fully saturated rings. The molecule has 0 aliphatic heterocycles. The van der Waals surface area contributed by atoms with Crippen molar-refractivity contribution in [2.24, 2.45) is 0 Å². The molecular weight excluding hydrogens is 198 g/mol. The number of benzene rings is 1. The van der Waals surface area contributed by atoms with Gasteiger partial charge in [-0.25, -0.2) is 0 Å². The van der Waals surface area contributed by atoms with Crippen LogP contribution in [0.5, 0.6) is 0 Å². The highest BCUT2D eigenvalue weighted by Crippen LogP contribution is 2.30. The van der Waals surface area contributed by atoms with Crippen molar-refractivity contribution in [2.75, 3.05) is 0 Å². The molecule has 0 radical (unpaired) electrons. The van der Waals surface area contributed by atoms with Crippen molar-refractivity contribution in [3.8, 4) is 0 Å². The Morgan fingerprint density at radius 2 is 1.75 bits per heavy atom. The minimum atomic E-state index is -0.107. The summed E-state index contributed by atoms with van der Waals surface area (Å²) in [5, 5.41) is 12.3. The molecule has 16 heavy (non-hydrogen) atoms. The van der Waals surface area contributed by atoms with Gasteiger partial charge in [0.25, 0.3) is 0 Å². The number of aromatic nitrogens is 1. The van der Waals surface area contributed by atoms with E-state index in [1.54, 1.807) is 0 Å². The maximum Gasteiger partial charge on any atom is 0.0560 e. The van der Waals surface area contributed by atoms with Gasteiger partial charge in [-0.3, -0.25) is 0 Å². The lowest BCUT2D eigenvalue weighted by Crippen LogP contribution is -2.21. The van der Waals surface area contributed by atoms with Crippen molar-refractivity contribution >= 4 is 10.8 Å². The fourth-order valence-corrected chi connectivity index (χ4v) is 2.72. The van der Waals surface area contributed by atoms with Crippen molar-refractivity contribution in [1.29, 1.82) is 0 Å². The minimum Gasteiger partial charge on any atom is -0.393 e. The van der Waals surface area contributed by atoms with Crippen LogP contribution in [-0.2, 0) is 0 Å². The van der Waals surface area contributed by atoms with E-state index in [4.69, 9.17) is 0 Å². The average molecular weight is 215 g/mol. The van der Waals surface area contributed by atoms with Crippen molar-refractivity contribution in [1.82, 2.24) is 4.57 Å². The second-order valence-corrected chi connectivity index (χ2v) is 4.81. The van der Waals surface area contributed by atoms with Crippen LogP contribution in [0.25, 0.3) is 10.8 Å². The lowest BCUT2D eigenvalue weighted by Gasteiger charge is -2.27. The molecule has 1 N–H and O–H groups in total. The Hall–Kier alpha value is -1.28. The molecule has 1 aliphatic rings. The fraction of sp³-hybridized carbons (Fsp3) is 0.429. The van der Waals surface area contributed by atoms with Gasteiger partial charge < -0.3 is 9.67 Å². The maximum absolute atomic E-state index is 9.70. The number of rotatable bonds is 1. The van der Waals surface area contributed by atoms with Crippen LogP contribution in [0.15, 0.2) is 36.7 Å². The fourth-order valence-electron chi connectivity index (χ4n) is 2.72. The van der Waals surface area contributed by atoms with Gasteiger partial charge in [-0.15, -0.1) is 0 Å². The van der Waals surface area contributed by atoms with E-state index >= 15 is 0 Å². The smallest absolute Gasteiger partial charge is 0.0560 e. The summed E-state index contributed by atoms with van der Waals surface area (Å²) in [6.45, 7) is 0. The molecule has 1 aromatic heterocycles. The molecule has 1 aromatic carbocycles. The van der Waals surface area contributed by atoms with Gasteiger partial charge in [0.2, 0.25) is 0 Å². The van der Waals surface area contributed by atoms with Crippen molar-refractivity contribution in [3.63, 3.8) is 0 Å². The van der Waals surface area contributed by atoms with E-state index < -0.39 is 0 Å². The summed E-state index contributed by atoms with van der Waals surface area (Å²) >= 11 is 0. The number of fused-ring (bicyclic) bond motifs is 1. The maximum atomic E-state index is 9.70. The van der Waals surface area contributed by atoms with E-state index in [-0.39, 0.29) is 6.10 Å². The molecule has 0 bridgehead atoms. The molecule has 1 aliphatic carbocycles. The molecule has 0 spiro atoms. The Labute approximate surface area is 95.5 Å². The van der Waals surface area contributed by atoms with Gasteiger partial charge in [-0.05, 0) is 36.5 Å². The zero-order valence-corrected chi connectivity index (χ0v) is 9.34. The van der Waals surface area contributed by atoms with E-state index in [0.717, 1.165) is 19.3 Å². The largest absolute Gasteiger partial charge is 0.393 e. The number of hydrogen-bond acceptors (Lipinski definition) is 1. The summed E-state index contributed by atoms with van der Waals surface area (Å²) in [4.78, 5) is 0. The third-order valence-electron chi connectivity index (χ3n) is 3.61. The lowest BCUT2D eigenvalue weighted by atomic mass is 9.93. The number of hydrogen-bond donors (Lipinski definition) is 1. The van der Waals surface area contributed by atoms with Crippen LogP contribution in [0.4, 0.5) is 0 Å². The topological polar surface area (TPSA) is 25.2 Å². The SMILES string of the molecule is O[C@@H]1CCC[C@H](n2cc3ccccc3c2)C1. The third-order valence-corrected chi connectivity index (χ3v) is 3.61. The summed E-state index contributed by atoms with van der Waals surface area (Å²) in [5.41, 5.74) is 0. The lowest BCUT2D eigenvalue weighted by molar-refractivity contribution is 0.104. The standard InChI is InChI=1S/C14H17NO/c16-14-7-3-6-13(8-14)15-9-11-4-1-2-5-12(11)10-15/h1-2,4-5,9-10,13-14,16H,3,6-8H2/t13-,14+/m0/s1. The quantitative estimate of drug-likeness (QED) is 0.776. The van der Waals surface area contributed by atoms with Gasteiger partial charge in [-0.2, -0.15) is 0 Å². The predicted octanol–water partition coefficient (Wildman–Crippen LogP) is 3.12. The van der Waals surface area contributed by atoms with Crippen molar-refractivity contribution in [3.05, 3.63) is 36.7 Å². The molecule has 0 amide bonds. The number of aliphatic hydroxyl groups is 1. The van der Waals surface area contributed by atoms with Crippen molar-refractivity contribution < 1.29 is 5.11 Å². The summed E-state index contributed by atoms with van der Waals surface area (Å²) in [6, 6.07) is 8.91. The normalized spacial score (nSPS) is 26.1. The molecule has 0 unspecified atom stereocenters. The van der Waals surface area contributed by atoms with E-state index in [9.17, 15) is 5.11 Å². The monoisotopic (exact) mass is 215 g/mol. The second kappa shape index (κ2) is 3.95. The Kier molecular flexibility index (Phi) is 2.44. The summed E-state index contributed by atoms with van der Waals surface area (Å²) in [5.74, 6) is 0. The first-order valence-corrected chi connectivity index (χ1v) is 6.07. The van der Waals surface area contributed by atoms with Gasteiger partial charge in [-0.1, -0.05) is 24.3 Å². The minimum absolute atomic E-state index is 0.107. The van der Waals surface area contributed by atoms with Crippen LogP contribution in [0, 0.1) is 0 Å². The molecule has 2 atom stereocenters. The molecule has 0 saturated heterocycles. The Morgan fingerprint density at radius 3 is 2.38 bits per heavy atom. The van der Waals surface area contributed by atoms with Crippen LogP contribution in [-0.4, -0.2) is 15.8 Å². The zero-order chi connectivity index (χ0) is 11.0. The third kappa shape index (κ3) is 1.74. The van der Waals surface area contributed by atoms with Crippen LogP contribution >= 0.6 is 0 Å². The zero-order valence-electron chi connectivity index (χ0n) is 9.34. The highest BCUT2D eigenvalue weighted by molar-refractivity contribution is 5.82. The van der Waals surface area contributed by atoms with E-state index in [2.05, 4.69) is 41.2 Å². The summed E-state index contributed by atoms with van der Waals surface area (Å²) in [6.07, 6.45) is 8.51. The van der Waals surface area contributed by atoms with Gasteiger partial charge in [0.15, 0.2) is 0 Å². The summed E-state index contributed by atoms with van der Waals surface area (Å²) < 4.78 is 2.28. The summed E-state index contributed by atoms with van der Waals surface area (Å²) in [7, 11) is 0. The molecular formula is C14H17NO. The van der Waals surface area contributed by atoms with Gasteiger partial charge in [0.05, 0.1) is 6.10 Å². The Balaban J connectivity index is 1.93. The molecule has 1 saturated carbocycles. The first-order valence-electron chi connectivity index (χ1n) is 6.07. The highest BCUT2D eigenvalue weighted by atomic mass is 16.3. The average Bonchev–Trinajstić information content (AvgIpc) is 2.72. The molecule has 2 heteroatoms. The van der Waals surface area contributed by atoms with Crippen LogP contribution in [0.1, 0.15) is 31.7 Å². The molecule has 84 valence electrons. The molecule has 2 aromatic rings. The number of nitrogens with zero attached hydrogens (tertiary/aromatic N) is 1. The van der Waals surface area contributed by atoms with Crippen LogP contribution in [0.2, 0.25) is 0 Å². The Morgan fingerprint density at radius 1 is 1.06 bits per heavy atom. The van der Waals surface area contributed by atoms with E-state index in [1.807, 2.05) is 0 Å². The molecule has 2 nitrogen and oxygen atoms in total. The Bertz CT molecular complexity index is 455. The van der Waals surface area contributed by atoms with Gasteiger partial charge in [0.1, 0.15) is 0 Å². The molecule has 3 rings (SSSR count). The first-order chi connectivity index (χ1) is 7.83. The van der Waals surface area contributed by atoms with Crippen LogP contribution < -0.4 is 0 Å². The van der Waals surface area contributed by atoms with E-state index in [0.29, 0.717) is 6.04 Å².